The van der Waals surface area contributed by atoms with Crippen molar-refractivity contribution in [2.24, 2.45) is 0 Å². The van der Waals surface area contributed by atoms with Crippen molar-refractivity contribution in [1.82, 2.24) is 4.57 Å². The first-order valence-corrected chi connectivity index (χ1v) is 7.19. The molecule has 0 aliphatic heterocycles. The number of nitrogens with one attached hydrogen (secondary N) is 1. The van der Waals surface area contributed by atoms with Gasteiger partial charge in [0.15, 0.2) is 0 Å². The second kappa shape index (κ2) is 6.23. The molecule has 0 spiro atoms. The van der Waals surface area contributed by atoms with Crippen LogP contribution in [0.4, 0.5) is 5.69 Å². The van der Waals surface area contributed by atoms with Crippen LogP contribution in [0, 0.1) is 0 Å². The number of anilines is 1. The minimum absolute atomic E-state index is 0.0584. The van der Waals surface area contributed by atoms with Gasteiger partial charge in [-0.1, -0.05) is 15.9 Å². The van der Waals surface area contributed by atoms with E-state index in [-0.39, 0.29) is 18.1 Å². The highest BCUT2D eigenvalue weighted by molar-refractivity contribution is 9.11. The Bertz CT molecular complexity index is 667. The molecule has 0 atom stereocenters. The van der Waals surface area contributed by atoms with E-state index in [4.69, 9.17) is 5.11 Å². The van der Waals surface area contributed by atoms with E-state index in [1.807, 2.05) is 6.07 Å². The number of carbonyl (C=O) groups is 2. The van der Waals surface area contributed by atoms with Crippen LogP contribution in [0.3, 0.4) is 0 Å². The summed E-state index contributed by atoms with van der Waals surface area (Å²) in [6.07, 6.45) is 1.56. The first-order valence-electron chi connectivity index (χ1n) is 5.60. The Balaban J connectivity index is 2.09. The number of rotatable bonds is 4. The van der Waals surface area contributed by atoms with Gasteiger partial charge >= 0.3 is 5.97 Å². The number of hydrogen-bond donors (Lipinski definition) is 2. The normalized spacial score (nSPS) is 10.3. The molecule has 1 heterocycles. The van der Waals surface area contributed by atoms with Crippen LogP contribution >= 0.6 is 31.9 Å². The number of benzene rings is 1. The Morgan fingerprint density at radius 3 is 2.65 bits per heavy atom. The molecule has 20 heavy (non-hydrogen) atoms. The van der Waals surface area contributed by atoms with Crippen molar-refractivity contribution in [2.75, 3.05) is 5.32 Å². The Hall–Kier alpha value is -1.60. The summed E-state index contributed by atoms with van der Waals surface area (Å²) in [5, 5.41) is 11.7. The number of carbonyl (C=O) groups excluding carboxylic acids is 1. The minimum Gasteiger partial charge on any atom is -0.477 e. The highest BCUT2D eigenvalue weighted by atomic mass is 79.9. The van der Waals surface area contributed by atoms with Crippen LogP contribution in [0.5, 0.6) is 0 Å². The molecular weight excluding hydrogens is 392 g/mol. The molecule has 0 aliphatic carbocycles. The Labute approximate surface area is 131 Å². The maximum atomic E-state index is 11.9. The van der Waals surface area contributed by atoms with Crippen molar-refractivity contribution in [2.45, 2.75) is 6.54 Å². The van der Waals surface area contributed by atoms with Gasteiger partial charge in [-0.3, -0.25) is 4.79 Å². The average molecular weight is 402 g/mol. The van der Waals surface area contributed by atoms with E-state index in [1.165, 1.54) is 10.6 Å². The lowest BCUT2D eigenvalue weighted by molar-refractivity contribution is -0.116. The van der Waals surface area contributed by atoms with E-state index in [0.29, 0.717) is 5.69 Å². The van der Waals surface area contributed by atoms with Gasteiger partial charge in [0.1, 0.15) is 12.2 Å². The van der Waals surface area contributed by atoms with Crippen LogP contribution in [0.2, 0.25) is 0 Å². The van der Waals surface area contributed by atoms with Gasteiger partial charge in [0, 0.05) is 15.1 Å². The van der Waals surface area contributed by atoms with Crippen LogP contribution in [0.1, 0.15) is 10.5 Å². The molecule has 2 rings (SSSR count). The van der Waals surface area contributed by atoms with E-state index in [9.17, 15) is 9.59 Å². The number of carboxylic acids is 1. The zero-order valence-electron chi connectivity index (χ0n) is 10.1. The van der Waals surface area contributed by atoms with Gasteiger partial charge in [0.05, 0.1) is 5.69 Å². The molecule has 0 aliphatic rings. The number of carboxylic acid groups (broad SMARTS) is 1. The number of nitrogens with zero attached hydrogens (tertiary/aromatic N) is 1. The molecule has 0 fully saturated rings. The molecule has 1 aromatic heterocycles. The predicted molar refractivity (Wildman–Crippen MR) is 81.9 cm³/mol. The largest absolute Gasteiger partial charge is 0.477 e. The molecule has 0 saturated carbocycles. The summed E-state index contributed by atoms with van der Waals surface area (Å²) >= 11 is 6.67. The maximum absolute atomic E-state index is 11.9. The van der Waals surface area contributed by atoms with Gasteiger partial charge in [0.2, 0.25) is 5.91 Å². The highest BCUT2D eigenvalue weighted by Gasteiger charge is 2.12. The zero-order valence-corrected chi connectivity index (χ0v) is 13.3. The number of aromatic carboxylic acids is 1. The number of hydrogen-bond acceptors (Lipinski definition) is 2. The van der Waals surface area contributed by atoms with Gasteiger partial charge in [-0.05, 0) is 46.3 Å². The molecule has 2 N–H and O–H groups in total. The molecular formula is C13H10Br2N2O3. The topological polar surface area (TPSA) is 71.3 Å². The third-order valence-electron chi connectivity index (χ3n) is 2.57. The fraction of sp³-hybridized carbons (Fsp3) is 0.0769. The van der Waals surface area contributed by atoms with Gasteiger partial charge in [-0.15, -0.1) is 0 Å². The molecule has 5 nitrogen and oxygen atoms in total. The molecule has 2 aromatic rings. The first-order chi connectivity index (χ1) is 9.47. The predicted octanol–water partition coefficient (Wildman–Crippen LogP) is 3.35. The van der Waals surface area contributed by atoms with Crippen molar-refractivity contribution < 1.29 is 14.7 Å². The van der Waals surface area contributed by atoms with E-state index < -0.39 is 5.97 Å². The SMILES string of the molecule is O=C(Cn1cccc1C(=O)O)Nc1ccc(Br)cc1Br. The molecule has 1 amide bonds. The zero-order chi connectivity index (χ0) is 14.7. The number of aromatic nitrogens is 1. The van der Waals surface area contributed by atoms with E-state index in [0.717, 1.165) is 8.95 Å². The lowest BCUT2D eigenvalue weighted by Crippen LogP contribution is -2.21. The summed E-state index contributed by atoms with van der Waals surface area (Å²) in [6.45, 7) is -0.0584. The van der Waals surface area contributed by atoms with Crippen molar-refractivity contribution in [3.8, 4) is 0 Å². The summed E-state index contributed by atoms with van der Waals surface area (Å²) < 4.78 is 3.01. The van der Waals surface area contributed by atoms with E-state index in [1.54, 1.807) is 24.4 Å². The Morgan fingerprint density at radius 1 is 1.25 bits per heavy atom. The molecule has 1 aromatic carbocycles. The summed E-state index contributed by atoms with van der Waals surface area (Å²) in [5.41, 5.74) is 0.706. The van der Waals surface area contributed by atoms with E-state index in [2.05, 4.69) is 37.2 Å². The van der Waals surface area contributed by atoms with Gasteiger partial charge in [-0.2, -0.15) is 0 Å². The van der Waals surface area contributed by atoms with Gasteiger partial charge in [-0.25, -0.2) is 4.79 Å². The lowest BCUT2D eigenvalue weighted by atomic mass is 10.3. The molecule has 0 unspecified atom stereocenters. The minimum atomic E-state index is -1.06. The summed E-state index contributed by atoms with van der Waals surface area (Å²) in [7, 11) is 0. The van der Waals surface area contributed by atoms with Crippen LogP contribution in [0.15, 0.2) is 45.5 Å². The second-order valence-electron chi connectivity index (χ2n) is 4.00. The molecule has 7 heteroatoms. The summed E-state index contributed by atoms with van der Waals surface area (Å²) in [6, 6.07) is 8.41. The fourth-order valence-corrected chi connectivity index (χ4v) is 2.83. The quantitative estimate of drug-likeness (QED) is 0.825. The summed E-state index contributed by atoms with van der Waals surface area (Å²) in [4.78, 5) is 22.9. The lowest BCUT2D eigenvalue weighted by Gasteiger charge is -2.09. The standard InChI is InChI=1S/C13H10Br2N2O3/c14-8-3-4-10(9(15)6-8)16-12(18)7-17-5-1-2-11(17)13(19)20/h1-6H,7H2,(H,16,18)(H,19,20). The molecule has 104 valence electrons. The van der Waals surface area contributed by atoms with Gasteiger partial charge < -0.3 is 15.0 Å². The van der Waals surface area contributed by atoms with Crippen LogP contribution in [-0.2, 0) is 11.3 Å². The Morgan fingerprint density at radius 2 is 2.00 bits per heavy atom. The van der Waals surface area contributed by atoms with E-state index >= 15 is 0 Å². The second-order valence-corrected chi connectivity index (χ2v) is 5.77. The van der Waals surface area contributed by atoms with Crippen molar-refractivity contribution in [1.29, 1.82) is 0 Å². The van der Waals surface area contributed by atoms with Crippen LogP contribution < -0.4 is 5.32 Å². The van der Waals surface area contributed by atoms with Crippen LogP contribution in [-0.4, -0.2) is 21.6 Å². The Kier molecular flexibility index (Phi) is 4.61. The monoisotopic (exact) mass is 400 g/mol. The molecule has 0 saturated heterocycles. The third kappa shape index (κ3) is 3.49. The van der Waals surface area contributed by atoms with Crippen LogP contribution in [0.25, 0.3) is 0 Å². The first kappa shape index (κ1) is 14.8. The summed E-state index contributed by atoms with van der Waals surface area (Å²) in [5.74, 6) is -1.36. The highest BCUT2D eigenvalue weighted by Crippen LogP contribution is 2.26. The third-order valence-corrected chi connectivity index (χ3v) is 3.72. The smallest absolute Gasteiger partial charge is 0.352 e. The number of amides is 1. The van der Waals surface area contributed by atoms with Crippen molar-refractivity contribution >= 4 is 49.4 Å². The molecule has 0 bridgehead atoms. The van der Waals surface area contributed by atoms with Crippen molar-refractivity contribution in [3.05, 3.63) is 51.2 Å². The maximum Gasteiger partial charge on any atom is 0.352 e. The number of halogens is 2. The fourth-order valence-electron chi connectivity index (χ4n) is 1.68. The van der Waals surface area contributed by atoms with Crippen molar-refractivity contribution in [3.63, 3.8) is 0 Å². The molecule has 0 radical (unpaired) electrons. The average Bonchev–Trinajstić information content (AvgIpc) is 2.81. The van der Waals surface area contributed by atoms with Gasteiger partial charge in [0.25, 0.3) is 0 Å².